The lowest BCUT2D eigenvalue weighted by Crippen LogP contribution is -2.35. The quantitative estimate of drug-likeness (QED) is 0.199. The van der Waals surface area contributed by atoms with E-state index >= 15 is 0 Å². The lowest BCUT2D eigenvalue weighted by Gasteiger charge is -2.38. The molecule has 3 nitrogen and oxygen atoms in total. The Morgan fingerprint density at radius 3 is 1.77 bits per heavy atom. The van der Waals surface area contributed by atoms with Gasteiger partial charge in [-0.05, 0) is 76.4 Å². The Labute approximate surface area is 261 Å². The first kappa shape index (κ1) is 35.9. The molecule has 0 spiro atoms. The molecule has 0 aromatic heterocycles. The number of aliphatic hydroxyl groups excluding tert-OH is 2. The highest BCUT2D eigenvalue weighted by molar-refractivity contribution is 6.00. The van der Waals surface area contributed by atoms with E-state index in [2.05, 4.69) is 110 Å². The summed E-state index contributed by atoms with van der Waals surface area (Å²) < 4.78 is 0. The largest absolute Gasteiger partial charge is 0.389 e. The van der Waals surface area contributed by atoms with E-state index in [4.69, 9.17) is 0 Å². The maximum absolute atomic E-state index is 12.2. The van der Waals surface area contributed by atoms with Crippen molar-refractivity contribution in [1.29, 1.82) is 0 Å². The number of hydrogen-bond acceptors (Lipinski definition) is 3. The molecule has 0 aliphatic heterocycles. The minimum atomic E-state index is -0.898. The van der Waals surface area contributed by atoms with Gasteiger partial charge in [0.15, 0.2) is 5.78 Å². The van der Waals surface area contributed by atoms with E-state index in [-0.39, 0.29) is 22.7 Å². The van der Waals surface area contributed by atoms with Crippen LogP contribution in [-0.2, 0) is 4.79 Å². The zero-order valence-corrected chi connectivity index (χ0v) is 28.1. The van der Waals surface area contributed by atoms with Gasteiger partial charge in [-0.25, -0.2) is 0 Å². The van der Waals surface area contributed by atoms with Crippen LogP contribution in [-0.4, -0.2) is 28.2 Å². The number of allylic oxidation sites excluding steroid dienone is 20. The lowest BCUT2D eigenvalue weighted by molar-refractivity contribution is -0.125. The van der Waals surface area contributed by atoms with Gasteiger partial charge in [-0.3, -0.25) is 4.79 Å². The molecule has 2 aliphatic carbocycles. The molecule has 0 saturated heterocycles. The molecule has 2 rings (SSSR count). The SMILES string of the molecule is CC1=CC(O)CC(C)(C)[C@H]1/C=C/C(C)=C/C=C/C(C)=C/C=C/C=C(C)/C=C/C=C(C)/C=C/C1=C(C)C(=O)C(O)CC1(C)C. The summed E-state index contributed by atoms with van der Waals surface area (Å²) in [6.07, 6.45) is 31.2. The first-order valence-electron chi connectivity index (χ1n) is 15.4. The average Bonchev–Trinajstić information content (AvgIpc) is 2.88. The van der Waals surface area contributed by atoms with Gasteiger partial charge in [0, 0.05) is 5.92 Å². The molecule has 0 amide bonds. The topological polar surface area (TPSA) is 57.5 Å². The molecule has 2 unspecified atom stereocenters. The van der Waals surface area contributed by atoms with Gasteiger partial charge >= 0.3 is 0 Å². The molecule has 0 fully saturated rings. The Bertz CT molecular complexity index is 1360. The number of ketones is 1. The summed E-state index contributed by atoms with van der Waals surface area (Å²) >= 11 is 0. The van der Waals surface area contributed by atoms with Crippen LogP contribution < -0.4 is 0 Å². The monoisotopic (exact) mass is 582 g/mol. The van der Waals surface area contributed by atoms with E-state index in [1.54, 1.807) is 0 Å². The first-order valence-corrected chi connectivity index (χ1v) is 15.4. The van der Waals surface area contributed by atoms with Crippen LogP contribution in [0.5, 0.6) is 0 Å². The Morgan fingerprint density at radius 2 is 1.23 bits per heavy atom. The van der Waals surface area contributed by atoms with Crippen molar-refractivity contribution in [3.8, 4) is 0 Å². The van der Waals surface area contributed by atoms with Crippen LogP contribution in [0.25, 0.3) is 0 Å². The number of aliphatic hydroxyl groups is 2. The fourth-order valence-corrected chi connectivity index (χ4v) is 5.89. The average molecular weight is 583 g/mol. The summed E-state index contributed by atoms with van der Waals surface area (Å²) in [7, 11) is 0. The Morgan fingerprint density at radius 1 is 0.744 bits per heavy atom. The summed E-state index contributed by atoms with van der Waals surface area (Å²) in [5, 5.41) is 20.1. The van der Waals surface area contributed by atoms with Crippen molar-refractivity contribution >= 4 is 5.78 Å². The van der Waals surface area contributed by atoms with Gasteiger partial charge in [-0.15, -0.1) is 0 Å². The maximum Gasteiger partial charge on any atom is 0.187 e. The summed E-state index contributed by atoms with van der Waals surface area (Å²) in [5.41, 5.74) is 7.29. The van der Waals surface area contributed by atoms with Crippen LogP contribution in [0.15, 0.2) is 130 Å². The van der Waals surface area contributed by atoms with E-state index < -0.39 is 6.10 Å². The van der Waals surface area contributed by atoms with E-state index in [0.29, 0.717) is 17.9 Å². The summed E-state index contributed by atoms with van der Waals surface area (Å²) in [5.74, 6) is 0.171. The molecule has 0 radical (unpaired) electrons. The molecule has 232 valence electrons. The lowest BCUT2D eigenvalue weighted by atomic mass is 9.67. The van der Waals surface area contributed by atoms with Crippen molar-refractivity contribution < 1.29 is 15.0 Å². The normalized spacial score (nSPS) is 26.3. The van der Waals surface area contributed by atoms with Crippen molar-refractivity contribution in [3.05, 3.63) is 130 Å². The second kappa shape index (κ2) is 16.0. The van der Waals surface area contributed by atoms with Crippen LogP contribution in [0.1, 0.15) is 82.1 Å². The number of carbonyl (C=O) groups is 1. The second-order valence-corrected chi connectivity index (χ2v) is 13.6. The van der Waals surface area contributed by atoms with Crippen LogP contribution in [0, 0.1) is 16.7 Å². The van der Waals surface area contributed by atoms with Gasteiger partial charge in [0.25, 0.3) is 0 Å². The van der Waals surface area contributed by atoms with Gasteiger partial charge in [0.05, 0.1) is 6.10 Å². The Hall–Kier alpha value is -3.27. The molecule has 0 heterocycles. The molecule has 0 aromatic carbocycles. The second-order valence-electron chi connectivity index (χ2n) is 13.6. The van der Waals surface area contributed by atoms with E-state index in [1.165, 1.54) is 16.7 Å². The van der Waals surface area contributed by atoms with Crippen LogP contribution >= 0.6 is 0 Å². The number of hydrogen-bond donors (Lipinski definition) is 2. The fourth-order valence-electron chi connectivity index (χ4n) is 5.89. The van der Waals surface area contributed by atoms with Crippen molar-refractivity contribution in [2.45, 2.75) is 94.3 Å². The third kappa shape index (κ3) is 11.4. The van der Waals surface area contributed by atoms with Crippen molar-refractivity contribution in [2.24, 2.45) is 16.7 Å². The van der Waals surface area contributed by atoms with Gasteiger partial charge in [0.1, 0.15) is 6.10 Å². The van der Waals surface area contributed by atoms with Gasteiger partial charge < -0.3 is 10.2 Å². The molecule has 3 atom stereocenters. The summed E-state index contributed by atoms with van der Waals surface area (Å²) in [6, 6.07) is 0. The highest BCUT2D eigenvalue weighted by Crippen LogP contribution is 2.42. The molecule has 2 aliphatic rings. The molecule has 3 heteroatoms. The van der Waals surface area contributed by atoms with Gasteiger partial charge in [-0.1, -0.05) is 147 Å². The molecule has 0 aromatic rings. The van der Waals surface area contributed by atoms with Gasteiger partial charge in [0.2, 0.25) is 0 Å². The van der Waals surface area contributed by atoms with Crippen LogP contribution in [0.4, 0.5) is 0 Å². The van der Waals surface area contributed by atoms with E-state index in [0.717, 1.165) is 23.1 Å². The Kier molecular flexibility index (Phi) is 13.4. The fraction of sp³-hybridized carbons (Fsp3) is 0.425. The number of carbonyl (C=O) groups excluding carboxylic acids is 1. The molecule has 2 N–H and O–H groups in total. The maximum atomic E-state index is 12.2. The van der Waals surface area contributed by atoms with Crippen LogP contribution in [0.2, 0.25) is 0 Å². The minimum Gasteiger partial charge on any atom is -0.389 e. The van der Waals surface area contributed by atoms with Crippen molar-refractivity contribution in [2.75, 3.05) is 0 Å². The van der Waals surface area contributed by atoms with Crippen molar-refractivity contribution in [1.82, 2.24) is 0 Å². The molecular weight excluding hydrogens is 528 g/mol. The molecule has 43 heavy (non-hydrogen) atoms. The summed E-state index contributed by atoms with van der Waals surface area (Å²) in [4.78, 5) is 12.2. The third-order valence-electron chi connectivity index (χ3n) is 8.36. The highest BCUT2D eigenvalue weighted by atomic mass is 16.3. The summed E-state index contributed by atoms with van der Waals surface area (Å²) in [6.45, 7) is 20.8. The molecule has 0 saturated carbocycles. The zero-order valence-electron chi connectivity index (χ0n) is 28.1. The smallest absolute Gasteiger partial charge is 0.187 e. The van der Waals surface area contributed by atoms with Gasteiger partial charge in [-0.2, -0.15) is 0 Å². The number of Topliss-reactive ketones (excluding diaryl/α,β-unsaturated/α-hetero) is 1. The third-order valence-corrected chi connectivity index (χ3v) is 8.36. The zero-order chi connectivity index (χ0) is 32.4. The molecule has 0 bridgehead atoms. The Balaban J connectivity index is 1.92. The number of rotatable bonds is 10. The predicted octanol–water partition coefficient (Wildman–Crippen LogP) is 9.58. The minimum absolute atomic E-state index is 0.0473. The molecular formula is C40H54O3. The highest BCUT2D eigenvalue weighted by Gasteiger charge is 2.36. The van der Waals surface area contributed by atoms with Crippen LogP contribution in [0.3, 0.4) is 0 Å². The van der Waals surface area contributed by atoms with Crippen molar-refractivity contribution in [3.63, 3.8) is 0 Å². The first-order chi connectivity index (χ1) is 20.0. The van der Waals surface area contributed by atoms with E-state index in [1.807, 2.05) is 50.3 Å². The predicted molar refractivity (Wildman–Crippen MR) is 184 cm³/mol. The standard InChI is InChI=1S/C40H54O3/c1-28(17-13-19-30(3)21-23-35-32(5)25-34(41)26-39(35,7)8)15-11-12-16-29(2)18-14-20-31(4)22-24-36-33(6)38(43)37(42)27-40(36,9)10/h11-25,34-35,37,41-42H,26-27H2,1-10H3/b12-11+,17-13+,18-14+,23-21+,24-22+,28-15+,29-16+,30-19+,31-20+/t34?,35-,37?/m0/s1. The van der Waals surface area contributed by atoms with E-state index in [9.17, 15) is 15.0 Å².